The number of benzene rings is 2. The second kappa shape index (κ2) is 9.95. The van der Waals surface area contributed by atoms with E-state index < -0.39 is 0 Å². The van der Waals surface area contributed by atoms with Gasteiger partial charge in [-0.25, -0.2) is 4.98 Å². The van der Waals surface area contributed by atoms with Crippen molar-refractivity contribution in [2.45, 2.75) is 42.8 Å². The first kappa shape index (κ1) is 24.9. The van der Waals surface area contributed by atoms with Crippen LogP contribution >= 0.6 is 34.9 Å². The van der Waals surface area contributed by atoms with Gasteiger partial charge in [-0.2, -0.15) is 0 Å². The van der Waals surface area contributed by atoms with Crippen molar-refractivity contribution >= 4 is 56.7 Å². The Morgan fingerprint density at radius 1 is 1.22 bits per heavy atom. The Bertz CT molecular complexity index is 1510. The molecule has 9 heteroatoms. The van der Waals surface area contributed by atoms with Gasteiger partial charge in [0.15, 0.2) is 5.16 Å². The minimum atomic E-state index is -0.179. The van der Waals surface area contributed by atoms with Gasteiger partial charge in [-0.05, 0) is 43.2 Å². The van der Waals surface area contributed by atoms with Gasteiger partial charge in [-0.1, -0.05) is 49.4 Å². The standard InChI is InChI=1S/C27H27N3O3S3/c1-16-8-10-18(11-9-16)30-25(32)23-20-13-27(2,3)35-14-21(20)36-24(23)29-26(30)34-15-22(31)28-17-6-5-7-19(12-17)33-4/h5-12H,13-15H2,1-4H3,(H,28,31). The fraction of sp³-hybridized carbons (Fsp3) is 0.296. The van der Waals surface area contributed by atoms with E-state index in [2.05, 4.69) is 19.2 Å². The van der Waals surface area contributed by atoms with Gasteiger partial charge in [0.25, 0.3) is 5.56 Å². The molecule has 5 rings (SSSR count). The number of aryl methyl sites for hydroxylation is 1. The molecule has 0 saturated heterocycles. The zero-order valence-corrected chi connectivity index (χ0v) is 23.0. The number of aromatic nitrogens is 2. The molecule has 0 atom stereocenters. The number of rotatable bonds is 6. The molecule has 0 unspecified atom stereocenters. The molecule has 3 heterocycles. The number of anilines is 1. The van der Waals surface area contributed by atoms with Crippen LogP contribution in [0.15, 0.2) is 58.5 Å². The van der Waals surface area contributed by atoms with Crippen LogP contribution < -0.4 is 15.6 Å². The number of nitrogens with zero attached hydrogens (tertiary/aromatic N) is 2. The molecule has 186 valence electrons. The Hall–Kier alpha value is -2.75. The fourth-order valence-electron chi connectivity index (χ4n) is 4.22. The van der Waals surface area contributed by atoms with Crippen molar-refractivity contribution in [3.8, 4) is 11.4 Å². The molecule has 1 aliphatic heterocycles. The molecule has 1 amide bonds. The van der Waals surface area contributed by atoms with Gasteiger partial charge >= 0.3 is 0 Å². The predicted octanol–water partition coefficient (Wildman–Crippen LogP) is 6.06. The van der Waals surface area contributed by atoms with Gasteiger partial charge in [0.05, 0.1) is 23.9 Å². The van der Waals surface area contributed by atoms with Crippen LogP contribution in [-0.2, 0) is 17.0 Å². The molecule has 2 aromatic carbocycles. The van der Waals surface area contributed by atoms with Crippen molar-refractivity contribution < 1.29 is 9.53 Å². The molecule has 0 aliphatic carbocycles. The molecular formula is C27H27N3O3S3. The number of thiophene rings is 1. The topological polar surface area (TPSA) is 73.2 Å². The third-order valence-corrected chi connectivity index (χ3v) is 9.66. The number of hydrogen-bond acceptors (Lipinski definition) is 7. The average Bonchev–Trinajstić information content (AvgIpc) is 3.20. The maximum absolute atomic E-state index is 14.0. The smallest absolute Gasteiger partial charge is 0.267 e. The molecule has 0 spiro atoms. The summed E-state index contributed by atoms with van der Waals surface area (Å²) < 4.78 is 6.97. The summed E-state index contributed by atoms with van der Waals surface area (Å²) in [5.41, 5.74) is 3.58. The van der Waals surface area contributed by atoms with Crippen LogP contribution in [0.4, 0.5) is 5.69 Å². The number of methoxy groups -OCH3 is 1. The average molecular weight is 538 g/mol. The van der Waals surface area contributed by atoms with E-state index >= 15 is 0 Å². The number of ether oxygens (including phenoxy) is 1. The lowest BCUT2D eigenvalue weighted by atomic mass is 10.00. The van der Waals surface area contributed by atoms with E-state index in [0.717, 1.165) is 33.8 Å². The van der Waals surface area contributed by atoms with Crippen molar-refractivity contribution in [1.29, 1.82) is 0 Å². The minimum Gasteiger partial charge on any atom is -0.497 e. The van der Waals surface area contributed by atoms with Crippen molar-refractivity contribution in [1.82, 2.24) is 9.55 Å². The maximum Gasteiger partial charge on any atom is 0.267 e. The Balaban J connectivity index is 1.52. The van der Waals surface area contributed by atoms with Gasteiger partial charge in [0, 0.05) is 27.1 Å². The summed E-state index contributed by atoms with van der Waals surface area (Å²) in [5, 5.41) is 4.13. The monoisotopic (exact) mass is 537 g/mol. The molecular weight excluding hydrogens is 511 g/mol. The first-order valence-corrected chi connectivity index (χ1v) is 14.4. The zero-order chi connectivity index (χ0) is 25.4. The number of carbonyl (C=O) groups is 1. The van der Waals surface area contributed by atoms with Crippen molar-refractivity contribution in [2.24, 2.45) is 0 Å². The van der Waals surface area contributed by atoms with E-state index in [1.165, 1.54) is 16.6 Å². The molecule has 6 nitrogen and oxygen atoms in total. The summed E-state index contributed by atoms with van der Waals surface area (Å²) in [4.78, 5) is 33.7. The zero-order valence-electron chi connectivity index (χ0n) is 20.6. The normalized spacial score (nSPS) is 14.4. The first-order valence-electron chi connectivity index (χ1n) is 11.6. The largest absolute Gasteiger partial charge is 0.497 e. The molecule has 36 heavy (non-hydrogen) atoms. The third-order valence-electron chi connectivity index (χ3n) is 6.05. The number of fused-ring (bicyclic) bond motifs is 3. The Kier molecular flexibility index (Phi) is 6.89. The van der Waals surface area contributed by atoms with Gasteiger partial charge < -0.3 is 10.1 Å². The van der Waals surface area contributed by atoms with Crippen molar-refractivity contribution in [2.75, 3.05) is 18.2 Å². The Labute approximate surface area is 222 Å². The lowest BCUT2D eigenvalue weighted by Crippen LogP contribution is -2.26. The van der Waals surface area contributed by atoms with E-state index in [4.69, 9.17) is 9.72 Å². The van der Waals surface area contributed by atoms with Crippen LogP contribution in [0.2, 0.25) is 0 Å². The molecule has 1 aliphatic rings. The number of thioether (sulfide) groups is 2. The minimum absolute atomic E-state index is 0.0697. The van der Waals surface area contributed by atoms with Gasteiger partial charge in [-0.15, -0.1) is 23.1 Å². The first-order chi connectivity index (χ1) is 17.2. The maximum atomic E-state index is 14.0. The van der Waals surface area contributed by atoms with E-state index in [-0.39, 0.29) is 22.0 Å². The van der Waals surface area contributed by atoms with E-state index in [0.29, 0.717) is 22.0 Å². The second-order valence-electron chi connectivity index (χ2n) is 9.35. The molecule has 0 bridgehead atoms. The van der Waals surface area contributed by atoms with Crippen LogP contribution in [0.25, 0.3) is 15.9 Å². The Morgan fingerprint density at radius 3 is 2.75 bits per heavy atom. The number of carbonyl (C=O) groups excluding carboxylic acids is 1. The Morgan fingerprint density at radius 2 is 2.00 bits per heavy atom. The quantitative estimate of drug-likeness (QED) is 0.238. The summed E-state index contributed by atoms with van der Waals surface area (Å²) in [6.07, 6.45) is 0.841. The van der Waals surface area contributed by atoms with Crippen LogP contribution in [0, 0.1) is 6.92 Å². The highest BCUT2D eigenvalue weighted by Gasteiger charge is 2.31. The predicted molar refractivity (Wildman–Crippen MR) is 151 cm³/mol. The molecule has 2 aromatic heterocycles. The van der Waals surface area contributed by atoms with Gasteiger partial charge in [-0.3, -0.25) is 14.2 Å². The molecule has 1 N–H and O–H groups in total. The molecule has 0 radical (unpaired) electrons. The lowest BCUT2D eigenvalue weighted by molar-refractivity contribution is -0.113. The summed E-state index contributed by atoms with van der Waals surface area (Å²) in [6, 6.07) is 15.1. The van der Waals surface area contributed by atoms with Crippen LogP contribution in [0.1, 0.15) is 29.9 Å². The molecule has 4 aromatic rings. The summed E-state index contributed by atoms with van der Waals surface area (Å²) in [6.45, 7) is 6.46. The van der Waals surface area contributed by atoms with Crippen molar-refractivity contribution in [3.63, 3.8) is 0 Å². The fourth-order valence-corrected chi connectivity index (χ4v) is 7.41. The van der Waals surface area contributed by atoms with E-state index in [1.54, 1.807) is 29.1 Å². The highest BCUT2D eigenvalue weighted by atomic mass is 32.2. The van der Waals surface area contributed by atoms with Gasteiger partial charge in [0.1, 0.15) is 10.6 Å². The molecule has 0 saturated carbocycles. The van der Waals surface area contributed by atoms with Crippen LogP contribution in [0.5, 0.6) is 5.75 Å². The van der Waals surface area contributed by atoms with E-state index in [9.17, 15) is 9.59 Å². The lowest BCUT2D eigenvalue weighted by Gasteiger charge is -2.28. The van der Waals surface area contributed by atoms with E-state index in [1.807, 2.05) is 61.2 Å². The third kappa shape index (κ3) is 5.05. The van der Waals surface area contributed by atoms with Crippen LogP contribution in [-0.4, -0.2) is 33.1 Å². The van der Waals surface area contributed by atoms with Crippen LogP contribution in [0.3, 0.4) is 0 Å². The van der Waals surface area contributed by atoms with Crippen molar-refractivity contribution in [3.05, 3.63) is 74.9 Å². The number of nitrogens with one attached hydrogen (secondary N) is 1. The highest BCUT2D eigenvalue weighted by Crippen LogP contribution is 2.44. The highest BCUT2D eigenvalue weighted by molar-refractivity contribution is 8.00. The SMILES string of the molecule is COc1cccc(NC(=O)CSc2nc3sc4c(c3c(=O)n2-c2ccc(C)cc2)CC(C)(C)SC4)c1. The summed E-state index contributed by atoms with van der Waals surface area (Å²) >= 11 is 4.79. The number of hydrogen-bond donors (Lipinski definition) is 1. The number of amides is 1. The second-order valence-corrected chi connectivity index (χ2v) is 13.1. The summed E-state index contributed by atoms with van der Waals surface area (Å²) in [5.74, 6) is 1.50. The summed E-state index contributed by atoms with van der Waals surface area (Å²) in [7, 11) is 1.59. The molecule has 0 fully saturated rings. The van der Waals surface area contributed by atoms with Gasteiger partial charge in [0.2, 0.25) is 5.91 Å².